The second-order valence-electron chi connectivity index (χ2n) is 5.97. The summed E-state index contributed by atoms with van der Waals surface area (Å²) < 4.78 is 32.4. The van der Waals surface area contributed by atoms with E-state index in [1.54, 1.807) is 24.5 Å². The molecule has 0 atom stereocenters. The van der Waals surface area contributed by atoms with E-state index in [-0.39, 0.29) is 15.5 Å². The van der Waals surface area contributed by atoms with Crippen molar-refractivity contribution in [3.05, 3.63) is 88.7 Å². The number of hydrogen-bond donors (Lipinski definition) is 1. The summed E-state index contributed by atoms with van der Waals surface area (Å²) in [6.45, 7) is 0. The zero-order valence-corrected chi connectivity index (χ0v) is 16.5. The molecule has 0 aliphatic carbocycles. The molecule has 0 saturated heterocycles. The summed E-state index contributed by atoms with van der Waals surface area (Å²) in [6.07, 6.45) is 4.17. The Balaban J connectivity index is 1.78. The first kappa shape index (κ1) is 19.9. The molecule has 2 aromatic carbocycles. The van der Waals surface area contributed by atoms with Crippen LogP contribution >= 0.6 is 11.6 Å². The SMILES string of the molecule is COC(=O)c1cc(S(=O)(=O)Nc2ccc(Cc3ccncc3)cc2)ccc1Cl. The highest BCUT2D eigenvalue weighted by Crippen LogP contribution is 2.23. The molecule has 3 aromatic rings. The number of ether oxygens (including phenoxy) is 1. The number of methoxy groups -OCH3 is 1. The van der Waals surface area contributed by atoms with E-state index in [0.717, 1.165) is 17.5 Å². The van der Waals surface area contributed by atoms with Crippen LogP contribution in [0.5, 0.6) is 0 Å². The van der Waals surface area contributed by atoms with Crippen molar-refractivity contribution in [1.29, 1.82) is 0 Å². The van der Waals surface area contributed by atoms with E-state index in [1.807, 2.05) is 24.3 Å². The Morgan fingerprint density at radius 2 is 1.68 bits per heavy atom. The number of hydrogen-bond acceptors (Lipinski definition) is 5. The Kier molecular flexibility index (Phi) is 5.96. The van der Waals surface area contributed by atoms with Gasteiger partial charge in [0.2, 0.25) is 0 Å². The number of esters is 1. The zero-order chi connectivity index (χ0) is 20.1. The van der Waals surface area contributed by atoms with Crippen LogP contribution in [0, 0.1) is 0 Å². The number of sulfonamides is 1. The number of benzene rings is 2. The average Bonchev–Trinajstić information content (AvgIpc) is 2.69. The molecule has 28 heavy (non-hydrogen) atoms. The molecule has 0 aliphatic rings. The molecule has 0 spiro atoms. The van der Waals surface area contributed by atoms with Gasteiger partial charge in [0.15, 0.2) is 0 Å². The monoisotopic (exact) mass is 416 g/mol. The Morgan fingerprint density at radius 1 is 1.04 bits per heavy atom. The van der Waals surface area contributed by atoms with Crippen LogP contribution in [-0.2, 0) is 21.2 Å². The van der Waals surface area contributed by atoms with Crippen molar-refractivity contribution in [3.63, 3.8) is 0 Å². The highest BCUT2D eigenvalue weighted by atomic mass is 35.5. The minimum absolute atomic E-state index is 0.0141. The first-order valence-electron chi connectivity index (χ1n) is 8.27. The molecule has 6 nitrogen and oxygen atoms in total. The second-order valence-corrected chi connectivity index (χ2v) is 8.06. The minimum Gasteiger partial charge on any atom is -0.465 e. The highest BCUT2D eigenvalue weighted by Gasteiger charge is 2.19. The Bertz CT molecular complexity index is 1080. The Hall–Kier alpha value is -2.90. The predicted octanol–water partition coefficient (Wildman–Crippen LogP) is 3.91. The third-order valence-corrected chi connectivity index (χ3v) is 5.73. The minimum atomic E-state index is -3.89. The number of aromatic nitrogens is 1. The molecular weight excluding hydrogens is 400 g/mol. The molecule has 144 valence electrons. The highest BCUT2D eigenvalue weighted by molar-refractivity contribution is 7.92. The smallest absolute Gasteiger partial charge is 0.339 e. The third kappa shape index (κ3) is 4.68. The summed E-state index contributed by atoms with van der Waals surface area (Å²) in [5.41, 5.74) is 2.54. The van der Waals surface area contributed by atoms with Gasteiger partial charge < -0.3 is 4.74 Å². The molecular formula is C20H17ClN2O4S. The van der Waals surface area contributed by atoms with Crippen molar-refractivity contribution in [2.24, 2.45) is 0 Å². The van der Waals surface area contributed by atoms with Crippen LogP contribution < -0.4 is 4.72 Å². The zero-order valence-electron chi connectivity index (χ0n) is 14.9. The number of nitrogens with zero attached hydrogens (tertiary/aromatic N) is 1. The van der Waals surface area contributed by atoms with E-state index in [9.17, 15) is 13.2 Å². The Morgan fingerprint density at radius 3 is 2.32 bits per heavy atom. The van der Waals surface area contributed by atoms with Crippen molar-refractivity contribution >= 4 is 33.3 Å². The van der Waals surface area contributed by atoms with E-state index in [2.05, 4.69) is 14.4 Å². The van der Waals surface area contributed by atoms with Gasteiger partial charge in [-0.05, 0) is 60.0 Å². The number of carbonyl (C=O) groups is 1. The number of anilines is 1. The van der Waals surface area contributed by atoms with Gasteiger partial charge in [-0.25, -0.2) is 13.2 Å². The van der Waals surface area contributed by atoms with Gasteiger partial charge in [-0.15, -0.1) is 0 Å². The van der Waals surface area contributed by atoms with Gasteiger partial charge in [0.1, 0.15) is 0 Å². The largest absolute Gasteiger partial charge is 0.465 e. The van der Waals surface area contributed by atoms with Crippen molar-refractivity contribution in [1.82, 2.24) is 4.98 Å². The third-order valence-electron chi connectivity index (χ3n) is 4.02. The lowest BCUT2D eigenvalue weighted by Gasteiger charge is -2.11. The molecule has 0 unspecified atom stereocenters. The van der Waals surface area contributed by atoms with Crippen molar-refractivity contribution in [2.75, 3.05) is 11.8 Å². The molecule has 8 heteroatoms. The van der Waals surface area contributed by atoms with E-state index in [4.69, 9.17) is 11.6 Å². The molecule has 1 heterocycles. The number of carbonyl (C=O) groups excluding carboxylic acids is 1. The van der Waals surface area contributed by atoms with E-state index < -0.39 is 16.0 Å². The summed E-state index contributed by atoms with van der Waals surface area (Å²) in [5, 5.41) is 0.117. The molecule has 0 saturated carbocycles. The van der Waals surface area contributed by atoms with Gasteiger partial charge in [0.05, 0.1) is 22.6 Å². The topological polar surface area (TPSA) is 85.4 Å². The molecule has 0 amide bonds. The van der Waals surface area contributed by atoms with Crippen LogP contribution in [0.15, 0.2) is 71.9 Å². The second kappa shape index (κ2) is 8.41. The molecule has 1 N–H and O–H groups in total. The van der Waals surface area contributed by atoms with Crippen molar-refractivity contribution in [3.8, 4) is 0 Å². The molecule has 0 radical (unpaired) electrons. The number of rotatable bonds is 6. The van der Waals surface area contributed by atoms with E-state index in [0.29, 0.717) is 5.69 Å². The van der Waals surface area contributed by atoms with Crippen LogP contribution in [-0.4, -0.2) is 26.5 Å². The van der Waals surface area contributed by atoms with Crippen molar-refractivity contribution < 1.29 is 17.9 Å². The van der Waals surface area contributed by atoms with E-state index >= 15 is 0 Å². The maximum atomic E-state index is 12.6. The van der Waals surface area contributed by atoms with Crippen LogP contribution in [0.25, 0.3) is 0 Å². The number of nitrogens with one attached hydrogen (secondary N) is 1. The summed E-state index contributed by atoms with van der Waals surface area (Å²) in [7, 11) is -2.69. The van der Waals surface area contributed by atoms with E-state index in [1.165, 1.54) is 25.3 Å². The molecule has 3 rings (SSSR count). The summed E-state index contributed by atoms with van der Waals surface area (Å²) >= 11 is 5.94. The molecule has 0 aliphatic heterocycles. The molecule has 1 aromatic heterocycles. The standard InChI is InChI=1S/C20H17ClN2O4S/c1-27-20(24)18-13-17(6-7-19(18)21)28(25,26)23-16-4-2-14(3-5-16)12-15-8-10-22-11-9-15/h2-11,13,23H,12H2,1H3. The van der Waals surface area contributed by atoms with Crippen LogP contribution in [0.4, 0.5) is 5.69 Å². The maximum Gasteiger partial charge on any atom is 0.339 e. The van der Waals surface area contributed by atoms with Gasteiger partial charge in [0.25, 0.3) is 10.0 Å². The molecule has 0 bridgehead atoms. The lowest BCUT2D eigenvalue weighted by molar-refractivity contribution is 0.0600. The van der Waals surface area contributed by atoms with Crippen LogP contribution in [0.1, 0.15) is 21.5 Å². The molecule has 0 fully saturated rings. The fraction of sp³-hybridized carbons (Fsp3) is 0.100. The van der Waals surface area contributed by atoms with Crippen LogP contribution in [0.3, 0.4) is 0 Å². The summed E-state index contributed by atoms with van der Waals surface area (Å²) in [4.78, 5) is 15.6. The average molecular weight is 417 g/mol. The lowest BCUT2D eigenvalue weighted by Crippen LogP contribution is -2.14. The van der Waals surface area contributed by atoms with Crippen molar-refractivity contribution in [2.45, 2.75) is 11.3 Å². The number of pyridine rings is 1. The van der Waals surface area contributed by atoms with Gasteiger partial charge in [-0.1, -0.05) is 23.7 Å². The fourth-order valence-corrected chi connectivity index (χ4v) is 3.86. The van der Waals surface area contributed by atoms with Gasteiger partial charge in [-0.2, -0.15) is 0 Å². The Labute approximate surface area is 168 Å². The van der Waals surface area contributed by atoms with Gasteiger partial charge in [-0.3, -0.25) is 9.71 Å². The van der Waals surface area contributed by atoms with Crippen LogP contribution in [0.2, 0.25) is 5.02 Å². The first-order valence-corrected chi connectivity index (χ1v) is 10.1. The number of halogens is 1. The van der Waals surface area contributed by atoms with Gasteiger partial charge in [0, 0.05) is 18.1 Å². The fourth-order valence-electron chi connectivity index (χ4n) is 2.58. The summed E-state index contributed by atoms with van der Waals surface area (Å²) in [6, 6.07) is 14.8. The van der Waals surface area contributed by atoms with Gasteiger partial charge >= 0.3 is 5.97 Å². The predicted molar refractivity (Wildman–Crippen MR) is 107 cm³/mol. The summed E-state index contributed by atoms with van der Waals surface area (Å²) in [5.74, 6) is -0.706. The lowest BCUT2D eigenvalue weighted by atomic mass is 10.1. The first-order chi connectivity index (χ1) is 13.4. The maximum absolute atomic E-state index is 12.6. The quantitative estimate of drug-likeness (QED) is 0.615. The normalized spacial score (nSPS) is 11.1.